The summed E-state index contributed by atoms with van der Waals surface area (Å²) in [4.78, 5) is 21.0. The van der Waals surface area contributed by atoms with E-state index in [9.17, 15) is 4.55 Å². The van der Waals surface area contributed by atoms with E-state index in [0.717, 1.165) is 97.6 Å². The summed E-state index contributed by atoms with van der Waals surface area (Å²) >= 11 is 5.10. The molecule has 0 aliphatic carbocycles. The summed E-state index contributed by atoms with van der Waals surface area (Å²) in [5, 5.41) is 4.28. The highest BCUT2D eigenvalue weighted by molar-refractivity contribution is 7.91. The quantitative estimate of drug-likeness (QED) is 0.542. The van der Waals surface area contributed by atoms with E-state index in [2.05, 4.69) is 15.2 Å². The van der Waals surface area contributed by atoms with Crippen LogP contribution in [0.25, 0.3) is 11.0 Å². The van der Waals surface area contributed by atoms with Crippen LogP contribution in [0.2, 0.25) is 5.02 Å². The Bertz CT molecular complexity index is 1160. The summed E-state index contributed by atoms with van der Waals surface area (Å²) in [5.41, 5.74) is 2.87. The first-order valence-electron chi connectivity index (χ1n) is 11.7. The van der Waals surface area contributed by atoms with Crippen LogP contribution < -0.4 is 10.2 Å². The molecule has 3 aromatic rings. The van der Waals surface area contributed by atoms with Crippen molar-refractivity contribution in [2.45, 2.75) is 49.0 Å². The van der Waals surface area contributed by atoms with Crippen molar-refractivity contribution >= 4 is 45.6 Å². The number of hydrogen-bond acceptors (Lipinski definition) is 7. The number of aromatic amines is 1. The summed E-state index contributed by atoms with van der Waals surface area (Å²) in [6.07, 6.45) is 4.58. The minimum absolute atomic E-state index is 0.301. The van der Waals surface area contributed by atoms with Gasteiger partial charge in [-0.2, -0.15) is 4.98 Å². The Morgan fingerprint density at radius 3 is 2.76 bits per heavy atom. The lowest BCUT2D eigenvalue weighted by Crippen LogP contribution is -2.35. The van der Waals surface area contributed by atoms with Gasteiger partial charge in [0.05, 0.1) is 11.0 Å². The number of fused-ring (bicyclic) bond motifs is 2. The van der Waals surface area contributed by atoms with E-state index in [1.807, 2.05) is 18.2 Å². The van der Waals surface area contributed by atoms with Gasteiger partial charge in [-0.1, -0.05) is 11.6 Å². The monoisotopic (exact) mass is 486 g/mol. The molecule has 10 heteroatoms. The Morgan fingerprint density at radius 2 is 1.94 bits per heavy atom. The summed E-state index contributed by atoms with van der Waals surface area (Å²) in [6, 6.07) is 6.07. The second kappa shape index (κ2) is 8.94. The van der Waals surface area contributed by atoms with Gasteiger partial charge in [-0.25, -0.2) is 9.97 Å². The lowest BCUT2D eigenvalue weighted by Gasteiger charge is -2.32. The average molecular weight is 487 g/mol. The standard InChI is InChI=1S/C23H27ClN6O2S/c24-15-1-2-17-19(13-15)27-21(26-17)14-3-8-30(9-4-14)23-28-18-7-12-33(31)20(18)22(29-23)25-16-5-10-32-11-6-16/h1-2,13-14,16H,3-12H2,(H,26,27)(H,25,28,29)/t33-/m0/s1. The molecule has 2 saturated heterocycles. The summed E-state index contributed by atoms with van der Waals surface area (Å²) in [7, 11) is 0. The van der Waals surface area contributed by atoms with Gasteiger partial charge < -0.3 is 24.5 Å². The van der Waals surface area contributed by atoms with Crippen molar-refractivity contribution < 1.29 is 9.29 Å². The summed E-state index contributed by atoms with van der Waals surface area (Å²) < 4.78 is 18.1. The highest BCUT2D eigenvalue weighted by atomic mass is 35.5. The molecule has 0 radical (unpaired) electrons. The third-order valence-corrected chi connectivity index (χ3v) is 8.56. The molecule has 3 aliphatic heterocycles. The minimum atomic E-state index is -1.03. The fourth-order valence-electron chi connectivity index (χ4n) is 5.01. The van der Waals surface area contributed by atoms with E-state index in [-0.39, 0.29) is 0 Å². The van der Waals surface area contributed by atoms with Gasteiger partial charge in [0.1, 0.15) is 17.3 Å². The molecule has 0 amide bonds. The van der Waals surface area contributed by atoms with Crippen LogP contribution in [-0.4, -0.2) is 62.6 Å². The number of rotatable bonds is 4. The van der Waals surface area contributed by atoms with Gasteiger partial charge in [-0.05, 0) is 55.1 Å². The smallest absolute Gasteiger partial charge is 0.227 e. The maximum Gasteiger partial charge on any atom is 0.227 e. The van der Waals surface area contributed by atoms with Gasteiger partial charge in [0, 0.05) is 49.7 Å². The molecule has 8 nitrogen and oxygen atoms in total. The van der Waals surface area contributed by atoms with Crippen molar-refractivity contribution in [3.05, 3.63) is 34.7 Å². The van der Waals surface area contributed by atoms with Gasteiger partial charge >= 0.3 is 0 Å². The molecule has 3 aliphatic rings. The Hall–Kier alpha value is -2.07. The summed E-state index contributed by atoms with van der Waals surface area (Å²) in [6.45, 7) is 3.23. The van der Waals surface area contributed by atoms with Crippen LogP contribution in [0.3, 0.4) is 0 Å². The molecule has 1 atom stereocenters. The number of benzene rings is 1. The number of aryl methyl sites for hydroxylation is 1. The Balaban J connectivity index is 1.20. The molecule has 0 unspecified atom stereocenters. The SMILES string of the molecule is [O-][S@@+]1CCc2nc(N3CCC(c4nc5ccc(Cl)cc5[nH]4)CC3)nc(NC3CCOCC3)c21. The number of nitrogens with one attached hydrogen (secondary N) is 2. The van der Waals surface area contributed by atoms with E-state index in [1.165, 1.54) is 0 Å². The fourth-order valence-corrected chi connectivity index (χ4v) is 6.49. The predicted octanol–water partition coefficient (Wildman–Crippen LogP) is 3.64. The topological polar surface area (TPSA) is 102 Å². The normalized spacial score (nSPS) is 22.1. The molecule has 0 spiro atoms. The van der Waals surface area contributed by atoms with Crippen molar-refractivity contribution in [2.75, 3.05) is 42.3 Å². The zero-order chi connectivity index (χ0) is 22.4. The van der Waals surface area contributed by atoms with Gasteiger partial charge in [0.2, 0.25) is 10.8 Å². The first kappa shape index (κ1) is 21.5. The van der Waals surface area contributed by atoms with E-state index in [1.54, 1.807) is 0 Å². The van der Waals surface area contributed by atoms with Crippen LogP contribution >= 0.6 is 11.6 Å². The van der Waals surface area contributed by atoms with Crippen molar-refractivity contribution in [3.8, 4) is 0 Å². The minimum Gasteiger partial charge on any atom is -0.611 e. The number of anilines is 2. The fraction of sp³-hybridized carbons (Fsp3) is 0.522. The zero-order valence-electron chi connectivity index (χ0n) is 18.3. The Labute approximate surface area is 200 Å². The Morgan fingerprint density at radius 1 is 1.12 bits per heavy atom. The van der Waals surface area contributed by atoms with Crippen LogP contribution in [-0.2, 0) is 22.3 Å². The molecule has 0 bridgehead atoms. The third kappa shape index (κ3) is 4.27. The number of H-pyrrole nitrogens is 1. The van der Waals surface area contributed by atoms with E-state index < -0.39 is 11.2 Å². The molecule has 1 aromatic carbocycles. The maximum atomic E-state index is 12.6. The molecule has 5 heterocycles. The van der Waals surface area contributed by atoms with Gasteiger partial charge in [0.25, 0.3) is 0 Å². The lowest BCUT2D eigenvalue weighted by molar-refractivity contribution is 0.0903. The molecule has 0 saturated carbocycles. The number of piperidine rings is 1. The predicted molar refractivity (Wildman–Crippen MR) is 130 cm³/mol. The van der Waals surface area contributed by atoms with Crippen molar-refractivity contribution in [1.29, 1.82) is 0 Å². The molecule has 6 rings (SSSR count). The second-order valence-corrected chi connectivity index (χ2v) is 11.0. The lowest BCUT2D eigenvalue weighted by atomic mass is 9.96. The molecular weight excluding hydrogens is 460 g/mol. The largest absolute Gasteiger partial charge is 0.611 e. The Kier molecular flexibility index (Phi) is 5.82. The molecule has 2 fully saturated rings. The third-order valence-electron chi connectivity index (χ3n) is 6.86. The van der Waals surface area contributed by atoms with Crippen LogP contribution in [0.5, 0.6) is 0 Å². The number of aromatic nitrogens is 4. The maximum absolute atomic E-state index is 12.6. The number of nitrogens with zero attached hydrogens (tertiary/aromatic N) is 4. The van der Waals surface area contributed by atoms with Gasteiger partial charge in [0.15, 0.2) is 5.82 Å². The van der Waals surface area contributed by atoms with Gasteiger partial charge in [-0.15, -0.1) is 0 Å². The average Bonchev–Trinajstić information content (AvgIpc) is 3.43. The first-order chi connectivity index (χ1) is 16.1. The number of hydrogen-bond donors (Lipinski definition) is 2. The number of halogens is 1. The van der Waals surface area contributed by atoms with Crippen molar-refractivity contribution in [3.63, 3.8) is 0 Å². The zero-order valence-corrected chi connectivity index (χ0v) is 19.9. The van der Waals surface area contributed by atoms with Crippen LogP contribution in [0, 0.1) is 0 Å². The summed E-state index contributed by atoms with van der Waals surface area (Å²) in [5.74, 6) is 3.54. The molecule has 174 valence electrons. The highest BCUT2D eigenvalue weighted by Gasteiger charge is 2.34. The molecule has 33 heavy (non-hydrogen) atoms. The molecule has 2 aromatic heterocycles. The molecule has 2 N–H and O–H groups in total. The molecular formula is C23H27ClN6O2S. The van der Waals surface area contributed by atoms with Crippen LogP contribution in [0.4, 0.5) is 11.8 Å². The highest BCUT2D eigenvalue weighted by Crippen LogP contribution is 2.35. The number of ether oxygens (including phenoxy) is 1. The number of imidazole rings is 1. The first-order valence-corrected chi connectivity index (χ1v) is 13.4. The van der Waals surface area contributed by atoms with Crippen LogP contribution in [0.15, 0.2) is 23.1 Å². The van der Waals surface area contributed by atoms with Gasteiger partial charge in [-0.3, -0.25) is 0 Å². The van der Waals surface area contributed by atoms with Crippen molar-refractivity contribution in [1.82, 2.24) is 19.9 Å². The van der Waals surface area contributed by atoms with E-state index >= 15 is 0 Å². The van der Waals surface area contributed by atoms with Crippen molar-refractivity contribution in [2.24, 2.45) is 0 Å². The van der Waals surface area contributed by atoms with E-state index in [4.69, 9.17) is 31.3 Å². The second-order valence-electron chi connectivity index (χ2n) is 9.02. The van der Waals surface area contributed by atoms with E-state index in [0.29, 0.717) is 22.7 Å². The van der Waals surface area contributed by atoms with Crippen LogP contribution in [0.1, 0.15) is 43.1 Å².